The quantitative estimate of drug-likeness (QED) is 0.428. The number of hydrogen-bond donors (Lipinski definition) is 2. The van der Waals surface area contributed by atoms with Gasteiger partial charge in [-0.15, -0.1) is 0 Å². The van der Waals surface area contributed by atoms with Crippen molar-refractivity contribution in [2.24, 2.45) is 5.16 Å². The van der Waals surface area contributed by atoms with Crippen LogP contribution in [0.4, 0.5) is 0 Å². The normalized spacial score (nSPS) is 11.1. The number of benzene rings is 1. The van der Waals surface area contributed by atoms with Crippen molar-refractivity contribution >= 4 is 11.6 Å². The third-order valence-corrected chi connectivity index (χ3v) is 1.77. The molecule has 0 aromatic heterocycles. The van der Waals surface area contributed by atoms with Gasteiger partial charge in [0.1, 0.15) is 5.71 Å². The molecule has 1 rings (SSSR count). The van der Waals surface area contributed by atoms with E-state index >= 15 is 0 Å². The summed E-state index contributed by atoms with van der Waals surface area (Å²) in [6.45, 7) is 1.88. The highest BCUT2D eigenvalue weighted by molar-refractivity contribution is 6.37. The van der Waals surface area contributed by atoms with Gasteiger partial charge in [-0.25, -0.2) is 0 Å². The molecule has 0 aliphatic heterocycles. The van der Waals surface area contributed by atoms with Crippen LogP contribution in [0.15, 0.2) is 35.5 Å². The van der Waals surface area contributed by atoms with Crippen molar-refractivity contribution in [1.82, 2.24) is 5.32 Å². The molecule has 0 aliphatic carbocycles. The Kier molecular flexibility index (Phi) is 3.67. The van der Waals surface area contributed by atoms with Crippen LogP contribution in [-0.4, -0.2) is 16.8 Å². The van der Waals surface area contributed by atoms with Gasteiger partial charge in [-0.2, -0.15) is 0 Å². The summed E-state index contributed by atoms with van der Waals surface area (Å²) < 4.78 is 0. The molecule has 1 aromatic rings. The van der Waals surface area contributed by atoms with E-state index in [4.69, 9.17) is 5.21 Å². The number of carbonyl (C=O) groups is 1. The molecule has 14 heavy (non-hydrogen) atoms. The van der Waals surface area contributed by atoms with Crippen LogP contribution in [0.25, 0.3) is 0 Å². The summed E-state index contributed by atoms with van der Waals surface area (Å²) in [5.74, 6) is -0.364. The van der Waals surface area contributed by atoms with Crippen LogP contribution in [0.3, 0.4) is 0 Å². The maximum atomic E-state index is 11.1. The van der Waals surface area contributed by atoms with E-state index in [0.29, 0.717) is 6.54 Å². The van der Waals surface area contributed by atoms with Crippen molar-refractivity contribution < 1.29 is 10.0 Å². The fourth-order valence-corrected chi connectivity index (χ4v) is 0.952. The summed E-state index contributed by atoms with van der Waals surface area (Å²) in [6, 6.07) is 9.52. The third-order valence-electron chi connectivity index (χ3n) is 1.77. The zero-order valence-electron chi connectivity index (χ0n) is 7.90. The molecule has 74 valence electrons. The maximum Gasteiger partial charge on any atom is 0.269 e. The van der Waals surface area contributed by atoms with E-state index in [1.165, 1.54) is 6.92 Å². The zero-order valence-corrected chi connectivity index (χ0v) is 7.90. The van der Waals surface area contributed by atoms with Crippen LogP contribution < -0.4 is 5.32 Å². The van der Waals surface area contributed by atoms with Crippen molar-refractivity contribution in [2.45, 2.75) is 13.5 Å². The topological polar surface area (TPSA) is 61.7 Å². The molecular formula is C10H12N2O2. The smallest absolute Gasteiger partial charge is 0.269 e. The van der Waals surface area contributed by atoms with Crippen LogP contribution >= 0.6 is 0 Å². The molecule has 0 atom stereocenters. The predicted molar refractivity (Wildman–Crippen MR) is 53.2 cm³/mol. The Morgan fingerprint density at radius 2 is 2.07 bits per heavy atom. The summed E-state index contributed by atoms with van der Waals surface area (Å²) in [6.07, 6.45) is 0. The van der Waals surface area contributed by atoms with Crippen LogP contribution in [0.5, 0.6) is 0 Å². The van der Waals surface area contributed by atoms with E-state index in [1.54, 1.807) is 0 Å². The van der Waals surface area contributed by atoms with Gasteiger partial charge in [0.25, 0.3) is 5.91 Å². The number of oxime groups is 1. The lowest BCUT2D eigenvalue weighted by Gasteiger charge is -2.03. The number of carbonyl (C=O) groups excluding carboxylic acids is 1. The molecule has 1 amide bonds. The van der Waals surface area contributed by atoms with Gasteiger partial charge in [-0.3, -0.25) is 4.79 Å². The molecule has 0 heterocycles. The van der Waals surface area contributed by atoms with E-state index in [1.807, 2.05) is 30.3 Å². The minimum absolute atomic E-state index is 0.0564. The SMILES string of the molecule is C/C(=N\O)C(=O)NCc1ccccc1. The Morgan fingerprint density at radius 1 is 1.43 bits per heavy atom. The van der Waals surface area contributed by atoms with Gasteiger partial charge in [0.2, 0.25) is 0 Å². The van der Waals surface area contributed by atoms with E-state index < -0.39 is 0 Å². The minimum atomic E-state index is -0.364. The highest BCUT2D eigenvalue weighted by Crippen LogP contribution is 1.96. The first-order valence-electron chi connectivity index (χ1n) is 4.25. The van der Waals surface area contributed by atoms with E-state index in [0.717, 1.165) is 5.56 Å². The fraction of sp³-hybridized carbons (Fsp3) is 0.200. The average molecular weight is 192 g/mol. The van der Waals surface area contributed by atoms with E-state index in [-0.39, 0.29) is 11.6 Å². The van der Waals surface area contributed by atoms with E-state index in [9.17, 15) is 4.79 Å². The Bertz CT molecular complexity index is 333. The molecule has 0 spiro atoms. The van der Waals surface area contributed by atoms with Crippen LogP contribution in [0.1, 0.15) is 12.5 Å². The Labute approximate surface area is 82.2 Å². The molecule has 0 aliphatic rings. The summed E-state index contributed by atoms with van der Waals surface area (Å²) in [5.41, 5.74) is 1.06. The van der Waals surface area contributed by atoms with Crippen LogP contribution in [0, 0.1) is 0 Å². The highest BCUT2D eigenvalue weighted by Gasteiger charge is 2.04. The Morgan fingerprint density at radius 3 is 2.64 bits per heavy atom. The van der Waals surface area contributed by atoms with Gasteiger partial charge in [0, 0.05) is 6.54 Å². The Hall–Kier alpha value is -1.84. The van der Waals surface area contributed by atoms with Crippen molar-refractivity contribution in [2.75, 3.05) is 0 Å². The summed E-state index contributed by atoms with van der Waals surface area (Å²) in [4.78, 5) is 11.1. The molecule has 0 unspecified atom stereocenters. The molecule has 4 heteroatoms. The number of nitrogens with one attached hydrogen (secondary N) is 1. The van der Waals surface area contributed by atoms with Crippen LogP contribution in [0.2, 0.25) is 0 Å². The van der Waals surface area contributed by atoms with Crippen molar-refractivity contribution in [3.05, 3.63) is 35.9 Å². The first kappa shape index (κ1) is 10.2. The van der Waals surface area contributed by atoms with Crippen molar-refractivity contribution in [1.29, 1.82) is 0 Å². The van der Waals surface area contributed by atoms with Gasteiger partial charge < -0.3 is 10.5 Å². The third kappa shape index (κ3) is 2.90. The number of nitrogens with zero attached hydrogens (tertiary/aromatic N) is 1. The predicted octanol–water partition coefficient (Wildman–Crippen LogP) is 1.15. The molecular weight excluding hydrogens is 180 g/mol. The zero-order chi connectivity index (χ0) is 10.4. The van der Waals surface area contributed by atoms with Gasteiger partial charge in [-0.05, 0) is 12.5 Å². The molecule has 0 fully saturated rings. The minimum Gasteiger partial charge on any atom is -0.410 e. The summed E-state index contributed by atoms with van der Waals surface area (Å²) in [5, 5.41) is 13.8. The lowest BCUT2D eigenvalue weighted by Crippen LogP contribution is -2.28. The first-order valence-corrected chi connectivity index (χ1v) is 4.25. The molecule has 0 radical (unpaired) electrons. The summed E-state index contributed by atoms with van der Waals surface area (Å²) >= 11 is 0. The second-order valence-corrected chi connectivity index (χ2v) is 2.85. The average Bonchev–Trinajstić information content (AvgIpc) is 2.26. The van der Waals surface area contributed by atoms with Gasteiger partial charge >= 0.3 is 0 Å². The molecule has 2 N–H and O–H groups in total. The summed E-state index contributed by atoms with van der Waals surface area (Å²) in [7, 11) is 0. The number of hydrogen-bond acceptors (Lipinski definition) is 3. The second-order valence-electron chi connectivity index (χ2n) is 2.85. The van der Waals surface area contributed by atoms with Crippen molar-refractivity contribution in [3.8, 4) is 0 Å². The van der Waals surface area contributed by atoms with Gasteiger partial charge in [-0.1, -0.05) is 35.5 Å². The monoisotopic (exact) mass is 192 g/mol. The first-order chi connectivity index (χ1) is 6.74. The highest BCUT2D eigenvalue weighted by atomic mass is 16.4. The second kappa shape index (κ2) is 5.01. The number of rotatable bonds is 3. The van der Waals surface area contributed by atoms with Crippen molar-refractivity contribution in [3.63, 3.8) is 0 Å². The standard InChI is InChI=1S/C10H12N2O2/c1-8(12-14)10(13)11-7-9-5-3-2-4-6-9/h2-6,14H,7H2,1H3,(H,11,13)/b12-8+. The Balaban J connectivity index is 2.46. The molecule has 1 aromatic carbocycles. The van der Waals surface area contributed by atoms with Crippen LogP contribution in [-0.2, 0) is 11.3 Å². The van der Waals surface area contributed by atoms with Gasteiger partial charge in [0.15, 0.2) is 0 Å². The van der Waals surface area contributed by atoms with Gasteiger partial charge in [0.05, 0.1) is 0 Å². The molecule has 4 nitrogen and oxygen atoms in total. The lowest BCUT2D eigenvalue weighted by atomic mass is 10.2. The largest absolute Gasteiger partial charge is 0.410 e. The fourth-order valence-electron chi connectivity index (χ4n) is 0.952. The van der Waals surface area contributed by atoms with E-state index in [2.05, 4.69) is 10.5 Å². The molecule has 0 bridgehead atoms. The lowest BCUT2D eigenvalue weighted by molar-refractivity contribution is -0.115. The maximum absolute atomic E-state index is 11.1. The number of amides is 1. The molecule has 0 saturated carbocycles. The molecule has 0 saturated heterocycles.